The molecule has 0 bridgehead atoms. The summed E-state index contributed by atoms with van der Waals surface area (Å²) in [6, 6.07) is 7.39. The summed E-state index contributed by atoms with van der Waals surface area (Å²) in [5, 5.41) is 13.1. The lowest BCUT2D eigenvalue weighted by Gasteiger charge is -1.96. The van der Waals surface area contributed by atoms with Gasteiger partial charge in [0.25, 0.3) is 0 Å². The minimum Gasteiger partial charge on any atom is -0.338 e. The van der Waals surface area contributed by atoms with E-state index in [9.17, 15) is 0 Å². The summed E-state index contributed by atoms with van der Waals surface area (Å²) in [6.45, 7) is 0. The van der Waals surface area contributed by atoms with Crippen LogP contribution in [0.25, 0.3) is 11.4 Å². The van der Waals surface area contributed by atoms with Crippen molar-refractivity contribution in [2.45, 2.75) is 10.9 Å². The molecule has 0 N–H and O–H groups in total. The molecule has 102 valence electrons. The van der Waals surface area contributed by atoms with Gasteiger partial charge >= 0.3 is 0 Å². The van der Waals surface area contributed by atoms with Crippen LogP contribution in [0.15, 0.2) is 40.3 Å². The number of aromatic nitrogens is 5. The highest BCUT2D eigenvalue weighted by atomic mass is 35.5. The van der Waals surface area contributed by atoms with Crippen molar-refractivity contribution in [3.05, 3.63) is 41.5 Å². The van der Waals surface area contributed by atoms with Crippen LogP contribution < -0.4 is 0 Å². The number of hydrogen-bond acceptors (Lipinski definition) is 6. The smallest absolute Gasteiger partial charge is 0.237 e. The largest absolute Gasteiger partial charge is 0.338 e. The van der Waals surface area contributed by atoms with Crippen LogP contribution in [-0.4, -0.2) is 24.9 Å². The second kappa shape index (κ2) is 5.64. The number of nitrogens with zero attached hydrogens (tertiary/aromatic N) is 5. The van der Waals surface area contributed by atoms with E-state index in [-0.39, 0.29) is 0 Å². The number of aryl methyl sites for hydroxylation is 1. The van der Waals surface area contributed by atoms with Gasteiger partial charge in [-0.05, 0) is 12.1 Å². The molecule has 0 aliphatic carbocycles. The van der Waals surface area contributed by atoms with Crippen molar-refractivity contribution < 1.29 is 4.52 Å². The van der Waals surface area contributed by atoms with Gasteiger partial charge in [0.1, 0.15) is 6.33 Å². The molecule has 0 radical (unpaired) electrons. The molecule has 0 aliphatic rings. The molecule has 0 unspecified atom stereocenters. The van der Waals surface area contributed by atoms with Crippen LogP contribution in [0.3, 0.4) is 0 Å². The van der Waals surface area contributed by atoms with E-state index in [4.69, 9.17) is 16.1 Å². The van der Waals surface area contributed by atoms with Crippen molar-refractivity contribution in [3.63, 3.8) is 0 Å². The predicted octanol–water partition coefficient (Wildman–Crippen LogP) is 2.81. The van der Waals surface area contributed by atoms with Crippen LogP contribution in [0.4, 0.5) is 0 Å². The zero-order chi connectivity index (χ0) is 13.9. The molecule has 0 aliphatic heterocycles. The summed E-state index contributed by atoms with van der Waals surface area (Å²) in [5.41, 5.74) is 0.757. The summed E-state index contributed by atoms with van der Waals surface area (Å²) in [5.74, 6) is 1.54. The molecule has 0 amide bonds. The van der Waals surface area contributed by atoms with E-state index in [1.54, 1.807) is 12.4 Å². The third kappa shape index (κ3) is 2.68. The zero-order valence-electron chi connectivity index (χ0n) is 10.5. The fourth-order valence-electron chi connectivity index (χ4n) is 1.60. The Balaban J connectivity index is 1.74. The molecular weight excluding hydrogens is 298 g/mol. The first-order valence-corrected chi connectivity index (χ1v) is 7.14. The molecule has 2 heterocycles. The second-order valence-electron chi connectivity index (χ2n) is 4.00. The maximum Gasteiger partial charge on any atom is 0.237 e. The fourth-order valence-corrected chi connectivity index (χ4v) is 2.54. The van der Waals surface area contributed by atoms with Crippen molar-refractivity contribution in [1.29, 1.82) is 0 Å². The second-order valence-corrected chi connectivity index (χ2v) is 5.35. The maximum absolute atomic E-state index is 6.10. The number of benzene rings is 1. The summed E-state index contributed by atoms with van der Waals surface area (Å²) in [7, 11) is 1.88. The molecular formula is C12H10ClN5OS. The minimum absolute atomic E-state index is 0.490. The molecule has 0 atom stereocenters. The Morgan fingerprint density at radius 1 is 1.35 bits per heavy atom. The Morgan fingerprint density at radius 3 is 2.95 bits per heavy atom. The van der Waals surface area contributed by atoms with Crippen molar-refractivity contribution in [1.82, 2.24) is 24.9 Å². The van der Waals surface area contributed by atoms with E-state index >= 15 is 0 Å². The standard InChI is InChI=1S/C12H10ClN5OS/c1-18-7-14-16-12(18)20-6-10-15-11(17-19-10)8-4-2-3-5-9(8)13/h2-5,7H,6H2,1H3. The van der Waals surface area contributed by atoms with Gasteiger partial charge in [-0.3, -0.25) is 0 Å². The van der Waals surface area contributed by atoms with Gasteiger partial charge in [-0.2, -0.15) is 4.98 Å². The number of rotatable bonds is 4. The monoisotopic (exact) mass is 307 g/mol. The van der Waals surface area contributed by atoms with Gasteiger partial charge in [0.05, 0.1) is 10.8 Å². The van der Waals surface area contributed by atoms with E-state index in [2.05, 4.69) is 20.3 Å². The normalized spacial score (nSPS) is 10.9. The van der Waals surface area contributed by atoms with E-state index in [0.29, 0.717) is 22.5 Å². The summed E-state index contributed by atoms with van der Waals surface area (Å²) in [6.07, 6.45) is 1.64. The van der Waals surface area contributed by atoms with E-state index in [1.165, 1.54) is 11.8 Å². The van der Waals surface area contributed by atoms with E-state index in [1.807, 2.05) is 29.8 Å². The molecule has 0 fully saturated rings. The first-order valence-electron chi connectivity index (χ1n) is 5.78. The summed E-state index contributed by atoms with van der Waals surface area (Å²) in [4.78, 5) is 4.33. The first-order chi connectivity index (χ1) is 9.74. The van der Waals surface area contributed by atoms with Crippen LogP contribution >= 0.6 is 23.4 Å². The van der Waals surface area contributed by atoms with E-state index in [0.717, 1.165) is 10.7 Å². The van der Waals surface area contributed by atoms with Gasteiger partial charge in [0.2, 0.25) is 11.7 Å². The molecule has 0 spiro atoms. The molecule has 1 aromatic carbocycles. The molecule has 6 nitrogen and oxygen atoms in total. The highest BCUT2D eigenvalue weighted by Crippen LogP contribution is 2.26. The Morgan fingerprint density at radius 2 is 2.20 bits per heavy atom. The summed E-state index contributed by atoms with van der Waals surface area (Å²) >= 11 is 7.58. The van der Waals surface area contributed by atoms with Gasteiger partial charge in [-0.1, -0.05) is 40.7 Å². The van der Waals surface area contributed by atoms with Gasteiger partial charge in [0, 0.05) is 12.6 Å². The third-order valence-corrected chi connectivity index (χ3v) is 3.93. The van der Waals surface area contributed by atoms with Crippen LogP contribution in [-0.2, 0) is 12.8 Å². The fraction of sp³-hybridized carbons (Fsp3) is 0.167. The first kappa shape index (κ1) is 13.1. The van der Waals surface area contributed by atoms with Gasteiger partial charge in [0.15, 0.2) is 5.16 Å². The molecule has 3 rings (SSSR count). The highest BCUT2D eigenvalue weighted by molar-refractivity contribution is 7.98. The predicted molar refractivity (Wildman–Crippen MR) is 75.3 cm³/mol. The molecule has 8 heteroatoms. The van der Waals surface area contributed by atoms with Gasteiger partial charge in [-0.15, -0.1) is 10.2 Å². The summed E-state index contributed by atoms with van der Waals surface area (Å²) < 4.78 is 7.04. The van der Waals surface area contributed by atoms with Crippen LogP contribution in [0.2, 0.25) is 5.02 Å². The van der Waals surface area contributed by atoms with E-state index < -0.39 is 0 Å². The van der Waals surface area contributed by atoms with Crippen molar-refractivity contribution in [2.24, 2.45) is 7.05 Å². The minimum atomic E-state index is 0.490. The molecule has 0 saturated carbocycles. The molecule has 3 aromatic rings. The van der Waals surface area contributed by atoms with Crippen molar-refractivity contribution >= 4 is 23.4 Å². The highest BCUT2D eigenvalue weighted by Gasteiger charge is 2.12. The number of halogens is 1. The Kier molecular flexibility index (Phi) is 3.70. The number of hydrogen-bond donors (Lipinski definition) is 0. The zero-order valence-corrected chi connectivity index (χ0v) is 12.1. The average Bonchev–Trinajstić information content (AvgIpc) is 3.06. The molecule has 20 heavy (non-hydrogen) atoms. The van der Waals surface area contributed by atoms with Crippen molar-refractivity contribution in [3.8, 4) is 11.4 Å². The lowest BCUT2D eigenvalue weighted by atomic mass is 10.2. The molecule has 2 aromatic heterocycles. The quantitative estimate of drug-likeness (QED) is 0.690. The lowest BCUT2D eigenvalue weighted by Crippen LogP contribution is -1.90. The van der Waals surface area contributed by atoms with Crippen LogP contribution in [0.1, 0.15) is 5.89 Å². The van der Waals surface area contributed by atoms with Gasteiger partial charge < -0.3 is 9.09 Å². The topological polar surface area (TPSA) is 69.6 Å². The lowest BCUT2D eigenvalue weighted by molar-refractivity contribution is 0.391. The SMILES string of the molecule is Cn1cnnc1SCc1nc(-c2ccccc2Cl)no1. The van der Waals surface area contributed by atoms with Crippen LogP contribution in [0, 0.1) is 0 Å². The Bertz CT molecular complexity index is 726. The molecule has 0 saturated heterocycles. The van der Waals surface area contributed by atoms with Crippen LogP contribution in [0.5, 0.6) is 0 Å². The number of thioether (sulfide) groups is 1. The van der Waals surface area contributed by atoms with Crippen molar-refractivity contribution in [2.75, 3.05) is 0 Å². The Hall–Kier alpha value is -1.86. The average molecular weight is 308 g/mol. The maximum atomic E-state index is 6.10. The van der Waals surface area contributed by atoms with Gasteiger partial charge in [-0.25, -0.2) is 0 Å². The Labute approximate surface area is 124 Å². The third-order valence-electron chi connectivity index (χ3n) is 2.58.